The van der Waals surface area contributed by atoms with Crippen LogP contribution >= 0.6 is 0 Å². The summed E-state index contributed by atoms with van der Waals surface area (Å²) in [6.07, 6.45) is 2.00. The smallest absolute Gasteiger partial charge is 0.246 e. The second-order valence-electron chi connectivity index (χ2n) is 6.47. The van der Waals surface area contributed by atoms with Gasteiger partial charge in [0, 0.05) is 12.1 Å². The minimum absolute atomic E-state index is 0.0204. The summed E-state index contributed by atoms with van der Waals surface area (Å²) in [7, 11) is 1.61. The molecular formula is C22H23N3O3. The molecule has 144 valence electrons. The van der Waals surface area contributed by atoms with Crippen LogP contribution in [0.25, 0.3) is 11.4 Å². The number of nitrogens with zero attached hydrogens (tertiary/aromatic N) is 3. The predicted molar refractivity (Wildman–Crippen MR) is 107 cm³/mol. The van der Waals surface area contributed by atoms with Crippen LogP contribution in [0.1, 0.15) is 17.0 Å². The highest BCUT2D eigenvalue weighted by Gasteiger charge is 2.17. The maximum absolute atomic E-state index is 12.7. The van der Waals surface area contributed by atoms with Gasteiger partial charge in [0.05, 0.1) is 13.5 Å². The third-order valence-electron chi connectivity index (χ3n) is 4.32. The molecule has 2 aromatic carbocycles. The number of hydrogen-bond donors (Lipinski definition) is 0. The molecule has 1 aromatic heterocycles. The van der Waals surface area contributed by atoms with Gasteiger partial charge in [0.2, 0.25) is 17.6 Å². The van der Waals surface area contributed by atoms with Crippen LogP contribution in [0, 0.1) is 6.92 Å². The zero-order valence-corrected chi connectivity index (χ0v) is 16.1. The highest BCUT2D eigenvalue weighted by molar-refractivity contribution is 5.78. The van der Waals surface area contributed by atoms with Gasteiger partial charge in [-0.25, -0.2) is 0 Å². The van der Waals surface area contributed by atoms with E-state index in [4.69, 9.17) is 9.26 Å². The van der Waals surface area contributed by atoms with Gasteiger partial charge in [-0.1, -0.05) is 41.1 Å². The molecule has 0 aliphatic heterocycles. The number of amides is 1. The van der Waals surface area contributed by atoms with Crippen molar-refractivity contribution >= 4 is 5.91 Å². The number of methoxy groups -OCH3 is 1. The lowest BCUT2D eigenvalue weighted by Crippen LogP contribution is -2.32. The molecule has 0 saturated carbocycles. The fourth-order valence-electron chi connectivity index (χ4n) is 2.74. The molecule has 6 heteroatoms. The SMILES string of the molecule is C=CCN(Cc1nc(-c2ccc(OC)cc2)no1)C(=O)Cc1ccc(C)cc1. The van der Waals surface area contributed by atoms with Crippen LogP contribution in [0.2, 0.25) is 0 Å². The molecular weight excluding hydrogens is 354 g/mol. The van der Waals surface area contributed by atoms with E-state index in [2.05, 4.69) is 16.7 Å². The average molecular weight is 377 g/mol. The van der Waals surface area contributed by atoms with Crippen molar-refractivity contribution < 1.29 is 14.1 Å². The van der Waals surface area contributed by atoms with Crippen LogP contribution in [-0.4, -0.2) is 34.6 Å². The Bertz CT molecular complexity index is 930. The molecule has 0 atom stereocenters. The summed E-state index contributed by atoms with van der Waals surface area (Å²) in [5.74, 6) is 1.59. The Morgan fingerprint density at radius 3 is 2.54 bits per heavy atom. The molecule has 0 saturated heterocycles. The van der Waals surface area contributed by atoms with E-state index in [0.717, 1.165) is 22.4 Å². The standard InChI is InChI=1S/C22H23N3O3/c1-4-13-25(21(26)14-17-7-5-16(2)6-8-17)15-20-23-22(24-28-20)18-9-11-19(27-3)12-10-18/h4-12H,1,13-15H2,2-3H3. The maximum Gasteiger partial charge on any atom is 0.246 e. The van der Waals surface area contributed by atoms with Gasteiger partial charge < -0.3 is 14.2 Å². The molecule has 0 N–H and O–H groups in total. The van der Waals surface area contributed by atoms with Gasteiger partial charge in [0.25, 0.3) is 0 Å². The van der Waals surface area contributed by atoms with Crippen LogP contribution in [0.4, 0.5) is 0 Å². The van der Waals surface area contributed by atoms with Crippen molar-refractivity contribution in [3.63, 3.8) is 0 Å². The lowest BCUT2D eigenvalue weighted by atomic mass is 10.1. The molecule has 1 amide bonds. The molecule has 28 heavy (non-hydrogen) atoms. The first-order valence-electron chi connectivity index (χ1n) is 9.00. The maximum atomic E-state index is 12.7. The highest BCUT2D eigenvalue weighted by Crippen LogP contribution is 2.20. The van der Waals surface area contributed by atoms with Crippen LogP contribution < -0.4 is 4.74 Å². The molecule has 6 nitrogen and oxygen atoms in total. The Balaban J connectivity index is 1.69. The molecule has 0 fully saturated rings. The number of carbonyl (C=O) groups excluding carboxylic acids is 1. The fourth-order valence-corrected chi connectivity index (χ4v) is 2.74. The van der Waals surface area contributed by atoms with Crippen molar-refractivity contribution in [2.75, 3.05) is 13.7 Å². The van der Waals surface area contributed by atoms with Crippen LogP contribution in [-0.2, 0) is 17.8 Å². The summed E-state index contributed by atoms with van der Waals surface area (Å²) in [5, 5.41) is 4.02. The average Bonchev–Trinajstić information content (AvgIpc) is 3.18. The Kier molecular flexibility index (Phi) is 6.22. The normalized spacial score (nSPS) is 10.5. The van der Waals surface area contributed by atoms with E-state index >= 15 is 0 Å². The van der Waals surface area contributed by atoms with Gasteiger partial charge in [-0.05, 0) is 36.8 Å². The zero-order valence-electron chi connectivity index (χ0n) is 16.1. The van der Waals surface area contributed by atoms with E-state index in [9.17, 15) is 4.79 Å². The second-order valence-corrected chi connectivity index (χ2v) is 6.47. The first-order valence-corrected chi connectivity index (χ1v) is 9.00. The van der Waals surface area contributed by atoms with Gasteiger partial charge in [-0.2, -0.15) is 4.98 Å². The topological polar surface area (TPSA) is 68.5 Å². The predicted octanol–water partition coefficient (Wildman–Crippen LogP) is 3.81. The molecule has 1 heterocycles. The summed E-state index contributed by atoms with van der Waals surface area (Å²) in [6.45, 7) is 6.40. The summed E-state index contributed by atoms with van der Waals surface area (Å²) in [4.78, 5) is 18.8. The monoisotopic (exact) mass is 377 g/mol. The number of aromatic nitrogens is 2. The molecule has 0 aliphatic rings. The zero-order chi connectivity index (χ0) is 19.9. The first kappa shape index (κ1) is 19.4. The Hall–Kier alpha value is -3.41. The number of carbonyl (C=O) groups is 1. The highest BCUT2D eigenvalue weighted by atomic mass is 16.5. The van der Waals surface area contributed by atoms with Crippen molar-refractivity contribution in [1.82, 2.24) is 15.0 Å². The summed E-state index contributed by atoms with van der Waals surface area (Å²) in [5.41, 5.74) is 2.95. The van der Waals surface area contributed by atoms with Crippen molar-refractivity contribution in [3.05, 3.63) is 78.2 Å². The number of aryl methyl sites for hydroxylation is 1. The van der Waals surface area contributed by atoms with Gasteiger partial charge in [0.15, 0.2) is 0 Å². The molecule has 0 bridgehead atoms. The molecule has 3 aromatic rings. The van der Waals surface area contributed by atoms with E-state index in [1.165, 1.54) is 0 Å². The lowest BCUT2D eigenvalue weighted by Gasteiger charge is -2.19. The minimum atomic E-state index is -0.0204. The fraction of sp³-hybridized carbons (Fsp3) is 0.227. The van der Waals surface area contributed by atoms with E-state index in [0.29, 0.717) is 24.7 Å². The lowest BCUT2D eigenvalue weighted by molar-refractivity contribution is -0.130. The van der Waals surface area contributed by atoms with Gasteiger partial charge in [-0.3, -0.25) is 4.79 Å². The van der Waals surface area contributed by atoms with Crippen LogP contribution in [0.5, 0.6) is 5.75 Å². The second kappa shape index (κ2) is 8.99. The Morgan fingerprint density at radius 2 is 1.89 bits per heavy atom. The number of ether oxygens (including phenoxy) is 1. The molecule has 0 unspecified atom stereocenters. The van der Waals surface area contributed by atoms with E-state index in [1.54, 1.807) is 18.1 Å². The van der Waals surface area contributed by atoms with E-state index < -0.39 is 0 Å². The number of rotatable bonds is 8. The van der Waals surface area contributed by atoms with Crippen molar-refractivity contribution in [2.45, 2.75) is 19.9 Å². The van der Waals surface area contributed by atoms with Crippen LogP contribution in [0.3, 0.4) is 0 Å². The van der Waals surface area contributed by atoms with Crippen LogP contribution in [0.15, 0.2) is 65.7 Å². The van der Waals surface area contributed by atoms with E-state index in [-0.39, 0.29) is 12.5 Å². The third-order valence-corrected chi connectivity index (χ3v) is 4.32. The molecule has 3 rings (SSSR count). The minimum Gasteiger partial charge on any atom is -0.497 e. The Labute approximate surface area is 164 Å². The first-order chi connectivity index (χ1) is 13.6. The number of benzene rings is 2. The summed E-state index contributed by atoms with van der Waals surface area (Å²) < 4.78 is 10.5. The van der Waals surface area contributed by atoms with Crippen molar-refractivity contribution in [2.24, 2.45) is 0 Å². The summed E-state index contributed by atoms with van der Waals surface area (Å²) in [6, 6.07) is 15.3. The molecule has 0 spiro atoms. The van der Waals surface area contributed by atoms with Crippen molar-refractivity contribution in [3.8, 4) is 17.1 Å². The number of hydrogen-bond acceptors (Lipinski definition) is 5. The molecule has 0 radical (unpaired) electrons. The molecule has 0 aliphatic carbocycles. The largest absolute Gasteiger partial charge is 0.497 e. The third kappa shape index (κ3) is 4.85. The summed E-state index contributed by atoms with van der Waals surface area (Å²) >= 11 is 0. The quantitative estimate of drug-likeness (QED) is 0.559. The van der Waals surface area contributed by atoms with E-state index in [1.807, 2.05) is 55.5 Å². The van der Waals surface area contributed by atoms with Gasteiger partial charge >= 0.3 is 0 Å². The van der Waals surface area contributed by atoms with Crippen molar-refractivity contribution in [1.29, 1.82) is 0 Å². The van der Waals surface area contributed by atoms with Gasteiger partial charge in [-0.15, -0.1) is 6.58 Å². The Morgan fingerprint density at radius 1 is 1.18 bits per heavy atom. The van der Waals surface area contributed by atoms with Gasteiger partial charge in [0.1, 0.15) is 12.3 Å².